The van der Waals surface area contributed by atoms with Crippen molar-refractivity contribution in [1.29, 1.82) is 0 Å². The Morgan fingerprint density at radius 1 is 1.30 bits per heavy atom. The van der Waals surface area contributed by atoms with Crippen LogP contribution in [-0.4, -0.2) is 22.2 Å². The molecular formula is C14H9Cl2N3O4. The van der Waals surface area contributed by atoms with E-state index in [0.29, 0.717) is 0 Å². The topological polar surface area (TPSA) is 105 Å². The predicted octanol–water partition coefficient (Wildman–Crippen LogP) is 3.37. The Labute approximate surface area is 140 Å². The highest BCUT2D eigenvalue weighted by Crippen LogP contribution is 2.32. The van der Waals surface area contributed by atoms with Gasteiger partial charge in [0.2, 0.25) is 5.75 Å². The van der Waals surface area contributed by atoms with Crippen molar-refractivity contribution in [2.24, 2.45) is 5.10 Å². The molecular weight excluding hydrogens is 345 g/mol. The Morgan fingerprint density at radius 3 is 2.65 bits per heavy atom. The third-order valence-electron chi connectivity index (χ3n) is 2.77. The molecule has 2 N–H and O–H groups in total. The fourth-order valence-electron chi connectivity index (χ4n) is 1.71. The van der Waals surface area contributed by atoms with E-state index >= 15 is 0 Å². The van der Waals surface area contributed by atoms with E-state index < -0.39 is 22.3 Å². The van der Waals surface area contributed by atoms with Crippen LogP contribution in [0, 0.1) is 10.1 Å². The van der Waals surface area contributed by atoms with E-state index in [9.17, 15) is 20.0 Å². The molecule has 0 heterocycles. The first-order valence-corrected chi connectivity index (χ1v) is 6.90. The van der Waals surface area contributed by atoms with E-state index in [2.05, 4.69) is 10.5 Å². The second-order valence-corrected chi connectivity index (χ2v) is 5.14. The number of nitro benzene ring substituents is 1. The number of aromatic hydroxyl groups is 1. The molecule has 0 fully saturated rings. The minimum absolute atomic E-state index is 0.0105. The number of rotatable bonds is 4. The van der Waals surface area contributed by atoms with Gasteiger partial charge in [-0.2, -0.15) is 5.10 Å². The maximum atomic E-state index is 11.9. The molecule has 7 nitrogen and oxygen atoms in total. The minimum Gasteiger partial charge on any atom is -0.502 e. The van der Waals surface area contributed by atoms with Gasteiger partial charge in [-0.15, -0.1) is 0 Å². The fraction of sp³-hybridized carbons (Fsp3) is 0. The summed E-state index contributed by atoms with van der Waals surface area (Å²) in [5.74, 6) is -1.17. The van der Waals surface area contributed by atoms with Crippen molar-refractivity contribution >= 4 is 41.0 Å². The van der Waals surface area contributed by atoms with Crippen molar-refractivity contribution < 1.29 is 14.8 Å². The average Bonchev–Trinajstić information content (AvgIpc) is 2.50. The van der Waals surface area contributed by atoms with Gasteiger partial charge in [0.15, 0.2) is 0 Å². The second kappa shape index (κ2) is 7.08. The van der Waals surface area contributed by atoms with Crippen molar-refractivity contribution in [3.05, 3.63) is 67.7 Å². The summed E-state index contributed by atoms with van der Waals surface area (Å²) in [6.07, 6.45) is 1.04. The van der Waals surface area contributed by atoms with Crippen LogP contribution in [0.15, 0.2) is 41.5 Å². The molecule has 2 rings (SSSR count). The fourth-order valence-corrected chi connectivity index (χ4v) is 2.15. The maximum absolute atomic E-state index is 11.9. The van der Waals surface area contributed by atoms with Crippen LogP contribution in [0.4, 0.5) is 5.69 Å². The van der Waals surface area contributed by atoms with Gasteiger partial charge in [-0.1, -0.05) is 35.3 Å². The number of amides is 1. The molecule has 0 saturated heterocycles. The molecule has 9 heteroatoms. The smallest absolute Gasteiger partial charge is 0.312 e. The molecule has 0 aliphatic heterocycles. The Bertz CT molecular complexity index is 809. The molecule has 2 aromatic rings. The van der Waals surface area contributed by atoms with Crippen LogP contribution in [0.1, 0.15) is 15.9 Å². The molecule has 0 aliphatic rings. The first-order chi connectivity index (χ1) is 10.9. The predicted molar refractivity (Wildman–Crippen MR) is 86.3 cm³/mol. The number of phenolic OH excluding ortho intramolecular Hbond substituents is 1. The second-order valence-electron chi connectivity index (χ2n) is 4.30. The molecule has 0 radical (unpaired) electrons. The molecule has 0 atom stereocenters. The normalized spacial score (nSPS) is 10.7. The van der Waals surface area contributed by atoms with E-state index in [1.165, 1.54) is 12.1 Å². The summed E-state index contributed by atoms with van der Waals surface area (Å²) in [7, 11) is 0. The quantitative estimate of drug-likeness (QED) is 0.499. The van der Waals surface area contributed by atoms with Crippen molar-refractivity contribution in [1.82, 2.24) is 5.43 Å². The Balaban J connectivity index is 2.20. The van der Waals surface area contributed by atoms with Gasteiger partial charge in [0.25, 0.3) is 5.91 Å². The van der Waals surface area contributed by atoms with E-state index in [0.717, 1.165) is 12.3 Å². The molecule has 0 aromatic heterocycles. The third-order valence-corrected chi connectivity index (χ3v) is 3.32. The monoisotopic (exact) mass is 353 g/mol. The molecule has 0 bridgehead atoms. The van der Waals surface area contributed by atoms with Crippen LogP contribution < -0.4 is 5.43 Å². The largest absolute Gasteiger partial charge is 0.502 e. The lowest BCUT2D eigenvalue weighted by Crippen LogP contribution is -2.17. The highest BCUT2D eigenvalue weighted by Gasteiger charge is 2.17. The molecule has 2 aromatic carbocycles. The Hall–Kier alpha value is -2.64. The molecule has 0 unspecified atom stereocenters. The lowest BCUT2D eigenvalue weighted by Gasteiger charge is -2.03. The highest BCUT2D eigenvalue weighted by atomic mass is 35.5. The summed E-state index contributed by atoms with van der Waals surface area (Å²) in [6.45, 7) is 0. The van der Waals surface area contributed by atoms with Crippen LogP contribution in [0.25, 0.3) is 0 Å². The summed E-state index contributed by atoms with van der Waals surface area (Å²) in [5, 5.41) is 24.5. The number of nitrogens with one attached hydrogen (secondary N) is 1. The molecule has 1 amide bonds. The number of hydrogen-bond donors (Lipinski definition) is 2. The Morgan fingerprint density at radius 2 is 2.00 bits per heavy atom. The number of carbonyl (C=O) groups is 1. The standard InChI is InChI=1S/C14H9Cl2N3O4/c15-9-5-8(13(20)12(6-9)19(22)23)7-17-18-14(21)10-3-1-2-4-11(10)16/h1-7,20H,(H,18,21). The van der Waals surface area contributed by atoms with Gasteiger partial charge in [-0.05, 0) is 18.2 Å². The van der Waals surface area contributed by atoms with Gasteiger partial charge in [0.05, 0.1) is 21.7 Å². The van der Waals surface area contributed by atoms with E-state index in [1.54, 1.807) is 18.2 Å². The van der Waals surface area contributed by atoms with Crippen LogP contribution in [0.2, 0.25) is 10.0 Å². The lowest BCUT2D eigenvalue weighted by atomic mass is 10.2. The first-order valence-electron chi connectivity index (χ1n) is 6.15. The van der Waals surface area contributed by atoms with Gasteiger partial charge in [0.1, 0.15) is 0 Å². The van der Waals surface area contributed by atoms with Gasteiger partial charge >= 0.3 is 5.69 Å². The first kappa shape index (κ1) is 16.7. The van der Waals surface area contributed by atoms with Gasteiger partial charge in [0, 0.05) is 16.7 Å². The lowest BCUT2D eigenvalue weighted by molar-refractivity contribution is -0.385. The van der Waals surface area contributed by atoms with Crippen LogP contribution >= 0.6 is 23.2 Å². The number of phenols is 1. The number of carbonyl (C=O) groups excluding carboxylic acids is 1. The van der Waals surface area contributed by atoms with E-state index in [1.807, 2.05) is 0 Å². The van der Waals surface area contributed by atoms with Crippen LogP contribution in [-0.2, 0) is 0 Å². The molecule has 0 saturated carbocycles. The zero-order valence-electron chi connectivity index (χ0n) is 11.4. The van der Waals surface area contributed by atoms with Gasteiger partial charge in [-0.3, -0.25) is 14.9 Å². The summed E-state index contributed by atoms with van der Waals surface area (Å²) in [6, 6.07) is 8.65. The summed E-state index contributed by atoms with van der Waals surface area (Å²) in [5.41, 5.74) is 1.85. The molecule has 23 heavy (non-hydrogen) atoms. The van der Waals surface area contributed by atoms with Crippen molar-refractivity contribution in [2.75, 3.05) is 0 Å². The molecule has 0 spiro atoms. The number of halogens is 2. The van der Waals surface area contributed by atoms with E-state index in [4.69, 9.17) is 23.2 Å². The highest BCUT2D eigenvalue weighted by molar-refractivity contribution is 6.33. The summed E-state index contributed by atoms with van der Waals surface area (Å²) < 4.78 is 0. The Kier molecular flexibility index (Phi) is 5.15. The number of benzene rings is 2. The number of nitrogens with zero attached hydrogens (tertiary/aromatic N) is 2. The van der Waals surface area contributed by atoms with Crippen molar-refractivity contribution in [2.45, 2.75) is 0 Å². The average molecular weight is 354 g/mol. The zero-order valence-corrected chi connectivity index (χ0v) is 12.9. The molecule has 0 aliphatic carbocycles. The van der Waals surface area contributed by atoms with Crippen molar-refractivity contribution in [3.8, 4) is 5.75 Å². The van der Waals surface area contributed by atoms with Crippen molar-refractivity contribution in [3.63, 3.8) is 0 Å². The van der Waals surface area contributed by atoms with Gasteiger partial charge in [-0.25, -0.2) is 5.43 Å². The number of nitro groups is 1. The summed E-state index contributed by atoms with van der Waals surface area (Å²) >= 11 is 11.6. The summed E-state index contributed by atoms with van der Waals surface area (Å²) in [4.78, 5) is 21.9. The van der Waals surface area contributed by atoms with Crippen LogP contribution in [0.5, 0.6) is 5.75 Å². The number of hydrazone groups is 1. The maximum Gasteiger partial charge on any atom is 0.312 e. The van der Waals surface area contributed by atoms with E-state index in [-0.39, 0.29) is 21.2 Å². The minimum atomic E-state index is -0.777. The SMILES string of the molecule is O=C(NN=Cc1cc(Cl)cc([N+](=O)[O-])c1O)c1ccccc1Cl. The number of hydrogen-bond acceptors (Lipinski definition) is 5. The molecule has 118 valence electrons. The third kappa shape index (κ3) is 3.97. The zero-order chi connectivity index (χ0) is 17.0. The van der Waals surface area contributed by atoms with Crippen LogP contribution in [0.3, 0.4) is 0 Å². The van der Waals surface area contributed by atoms with Gasteiger partial charge < -0.3 is 5.11 Å².